The number of rotatable bonds is 8. The molecule has 220 valence electrons. The predicted octanol–water partition coefficient (Wildman–Crippen LogP) is 3.41. The maximum Gasteiger partial charge on any atom is 0.255 e. The lowest BCUT2D eigenvalue weighted by Gasteiger charge is -2.49. The highest BCUT2D eigenvalue weighted by Crippen LogP contribution is 2.47. The lowest BCUT2D eigenvalue weighted by molar-refractivity contribution is -0.138. The molecule has 4 atom stereocenters. The Morgan fingerprint density at radius 1 is 1.10 bits per heavy atom. The molecule has 11 heteroatoms. The Hall–Kier alpha value is -3.80. The summed E-state index contributed by atoms with van der Waals surface area (Å²) in [6.07, 6.45) is 6.40. The van der Waals surface area contributed by atoms with Crippen molar-refractivity contribution in [2.24, 2.45) is 0 Å². The van der Waals surface area contributed by atoms with Crippen LogP contribution in [0.4, 0.5) is 0 Å². The minimum absolute atomic E-state index is 0.0768. The number of fused-ring (bicyclic) bond motifs is 2. The van der Waals surface area contributed by atoms with Crippen molar-refractivity contribution in [2.75, 3.05) is 12.9 Å². The molecular formula is C31H34N4O6S. The van der Waals surface area contributed by atoms with Crippen molar-refractivity contribution in [3.63, 3.8) is 0 Å². The van der Waals surface area contributed by atoms with Crippen molar-refractivity contribution in [3.05, 3.63) is 94.8 Å². The summed E-state index contributed by atoms with van der Waals surface area (Å²) in [5.41, 5.74) is 6.11. The predicted molar refractivity (Wildman–Crippen MR) is 155 cm³/mol. The summed E-state index contributed by atoms with van der Waals surface area (Å²) >= 11 is 0. The van der Waals surface area contributed by atoms with Crippen LogP contribution in [-0.4, -0.2) is 55.1 Å². The Bertz CT molecular complexity index is 1580. The molecule has 2 N–H and O–H groups in total. The fourth-order valence-electron chi connectivity index (χ4n) is 6.53. The molecule has 0 bridgehead atoms. The van der Waals surface area contributed by atoms with Gasteiger partial charge in [-0.2, -0.15) is 0 Å². The van der Waals surface area contributed by atoms with E-state index in [0.717, 1.165) is 42.4 Å². The molecule has 2 aromatic carbocycles. The molecule has 0 radical (unpaired) electrons. The Morgan fingerprint density at radius 2 is 1.90 bits per heavy atom. The van der Waals surface area contributed by atoms with Crippen molar-refractivity contribution < 1.29 is 27.6 Å². The second-order valence-electron chi connectivity index (χ2n) is 11.1. The topological polar surface area (TPSA) is 127 Å². The van der Waals surface area contributed by atoms with Gasteiger partial charge in [0.1, 0.15) is 12.4 Å². The number of sulfonamides is 1. The van der Waals surface area contributed by atoms with Gasteiger partial charge in [-0.25, -0.2) is 18.6 Å². The summed E-state index contributed by atoms with van der Waals surface area (Å²) in [6, 6.07) is 16.8. The Morgan fingerprint density at radius 3 is 2.71 bits per heavy atom. The number of hydrogen-bond acceptors (Lipinski definition) is 7. The maximum atomic E-state index is 14.4. The van der Waals surface area contributed by atoms with Crippen LogP contribution in [0.15, 0.2) is 66.9 Å². The number of nitrogens with zero attached hydrogens (tertiary/aromatic N) is 2. The number of pyridine rings is 1. The molecule has 2 amide bonds. The summed E-state index contributed by atoms with van der Waals surface area (Å²) in [5.74, 6) is -0.648. The van der Waals surface area contributed by atoms with Crippen molar-refractivity contribution in [1.82, 2.24) is 20.1 Å². The molecular weight excluding hydrogens is 556 g/mol. The van der Waals surface area contributed by atoms with Gasteiger partial charge in [-0.3, -0.25) is 19.4 Å². The van der Waals surface area contributed by atoms with Crippen LogP contribution in [0, 0.1) is 0 Å². The molecule has 1 aromatic heterocycles. The van der Waals surface area contributed by atoms with Gasteiger partial charge in [0.25, 0.3) is 11.8 Å². The van der Waals surface area contributed by atoms with E-state index in [-0.39, 0.29) is 12.5 Å². The largest absolute Gasteiger partial charge is 0.493 e. The molecule has 3 heterocycles. The van der Waals surface area contributed by atoms with E-state index in [9.17, 15) is 18.0 Å². The van der Waals surface area contributed by atoms with Crippen molar-refractivity contribution in [3.8, 4) is 5.75 Å². The normalized spacial score (nSPS) is 23.5. The van der Waals surface area contributed by atoms with E-state index < -0.39 is 40.0 Å². The molecule has 3 aliphatic rings. The second kappa shape index (κ2) is 11.8. The van der Waals surface area contributed by atoms with Gasteiger partial charge in [-0.05, 0) is 59.9 Å². The monoisotopic (exact) mass is 590 g/mol. The van der Waals surface area contributed by atoms with Crippen LogP contribution in [0.1, 0.15) is 70.4 Å². The van der Waals surface area contributed by atoms with Gasteiger partial charge < -0.3 is 9.64 Å². The molecule has 1 fully saturated rings. The first-order valence-electron chi connectivity index (χ1n) is 14.3. The molecule has 0 unspecified atom stereocenters. The molecule has 2 aliphatic heterocycles. The number of aromatic nitrogens is 1. The quantitative estimate of drug-likeness (QED) is 0.385. The molecule has 6 rings (SSSR count). The Labute approximate surface area is 245 Å². The average Bonchev–Trinajstić information content (AvgIpc) is 3.45. The molecule has 10 nitrogen and oxygen atoms in total. The third kappa shape index (κ3) is 5.77. The van der Waals surface area contributed by atoms with Crippen LogP contribution in [0.25, 0.3) is 0 Å². The fraction of sp³-hybridized carbons (Fsp3) is 0.387. The number of carbonyl (C=O) groups excluding carboxylic acids is 2. The number of hydrogen-bond donors (Lipinski definition) is 2. The van der Waals surface area contributed by atoms with Gasteiger partial charge in [-0.15, -0.1) is 0 Å². The molecule has 1 aliphatic carbocycles. The summed E-state index contributed by atoms with van der Waals surface area (Å²) in [5, 5.41) is 0. The van der Waals surface area contributed by atoms with E-state index in [1.54, 1.807) is 35.4 Å². The number of carbonyl (C=O) groups is 2. The molecule has 1 saturated carbocycles. The standard InChI is InChI=1S/C31H34N4O6S/c1-42(38,39)34-25-11-4-5-12-26(25)35-29(21-13-14-27-20(18-21)15-17-40-27)28(23-9-2-3-10-24(23)31(35)37)30(36)33-41-19-22-8-6-7-16-32-22/h2-3,6-10,13-14,16,18,25-26,28-29,34H,4-5,11-12,15,17,19H2,1H3,(H,33,36)/t25-,26-,28+,29-/m0/s1. The smallest absolute Gasteiger partial charge is 0.255 e. The van der Waals surface area contributed by atoms with Gasteiger partial charge in [0, 0.05) is 30.3 Å². The summed E-state index contributed by atoms with van der Waals surface area (Å²) < 4.78 is 33.3. The van der Waals surface area contributed by atoms with Crippen molar-refractivity contribution >= 4 is 21.8 Å². The minimum Gasteiger partial charge on any atom is -0.493 e. The highest BCUT2D eigenvalue weighted by molar-refractivity contribution is 7.88. The first kappa shape index (κ1) is 28.3. The second-order valence-corrected chi connectivity index (χ2v) is 12.9. The summed E-state index contributed by atoms with van der Waals surface area (Å²) in [4.78, 5) is 40.1. The van der Waals surface area contributed by atoms with Gasteiger partial charge in [0.05, 0.1) is 30.5 Å². The zero-order valence-corrected chi connectivity index (χ0v) is 24.2. The van der Waals surface area contributed by atoms with E-state index in [0.29, 0.717) is 36.3 Å². The lowest BCUT2D eigenvalue weighted by Crippen LogP contribution is -2.59. The van der Waals surface area contributed by atoms with Crippen molar-refractivity contribution in [2.45, 2.75) is 62.8 Å². The van der Waals surface area contributed by atoms with Crippen molar-refractivity contribution in [1.29, 1.82) is 0 Å². The number of amides is 2. The van der Waals surface area contributed by atoms with E-state index >= 15 is 0 Å². The zero-order chi connectivity index (χ0) is 29.3. The van der Waals surface area contributed by atoms with Crippen LogP contribution in [-0.2, 0) is 32.7 Å². The van der Waals surface area contributed by atoms with Gasteiger partial charge in [0.15, 0.2) is 0 Å². The van der Waals surface area contributed by atoms with Gasteiger partial charge in [0.2, 0.25) is 10.0 Å². The molecule has 3 aromatic rings. The number of ether oxygens (including phenoxy) is 1. The zero-order valence-electron chi connectivity index (χ0n) is 23.4. The van der Waals surface area contributed by atoms with Gasteiger partial charge >= 0.3 is 0 Å². The summed E-state index contributed by atoms with van der Waals surface area (Å²) in [7, 11) is -3.54. The average molecular weight is 591 g/mol. The Kier molecular flexibility index (Phi) is 7.98. The number of hydroxylamine groups is 1. The number of benzene rings is 2. The first-order valence-corrected chi connectivity index (χ1v) is 16.2. The summed E-state index contributed by atoms with van der Waals surface area (Å²) in [6.45, 7) is 0.649. The van der Waals surface area contributed by atoms with E-state index in [1.807, 2.05) is 36.4 Å². The van der Waals surface area contributed by atoms with E-state index in [2.05, 4.69) is 15.2 Å². The minimum atomic E-state index is -3.54. The maximum absolute atomic E-state index is 14.4. The third-order valence-electron chi connectivity index (χ3n) is 8.28. The third-order valence-corrected chi connectivity index (χ3v) is 9.02. The highest BCUT2D eigenvalue weighted by Gasteiger charge is 2.49. The van der Waals surface area contributed by atoms with Gasteiger partial charge in [-0.1, -0.05) is 43.2 Å². The van der Waals surface area contributed by atoms with E-state index in [4.69, 9.17) is 9.57 Å². The lowest BCUT2D eigenvalue weighted by atomic mass is 9.76. The Balaban J connectivity index is 1.43. The fourth-order valence-corrected chi connectivity index (χ4v) is 7.35. The van der Waals surface area contributed by atoms with Crippen LogP contribution >= 0.6 is 0 Å². The first-order chi connectivity index (χ1) is 20.3. The van der Waals surface area contributed by atoms with E-state index in [1.165, 1.54) is 0 Å². The van der Waals surface area contributed by atoms with Crippen LogP contribution in [0.2, 0.25) is 0 Å². The number of nitrogens with one attached hydrogen (secondary N) is 2. The van der Waals surface area contributed by atoms with Crippen LogP contribution in [0.3, 0.4) is 0 Å². The molecule has 42 heavy (non-hydrogen) atoms. The highest BCUT2D eigenvalue weighted by atomic mass is 32.2. The molecule has 0 spiro atoms. The van der Waals surface area contributed by atoms with Crippen LogP contribution in [0.5, 0.6) is 5.75 Å². The van der Waals surface area contributed by atoms with Crippen LogP contribution < -0.4 is 14.9 Å². The SMILES string of the molecule is CS(=O)(=O)N[C@H]1CCCC[C@@H]1N1C(=O)c2ccccc2[C@@H](C(=O)NOCc2ccccn2)[C@@H]1c1ccc2c(c1)CCO2. The molecule has 0 saturated heterocycles.